The van der Waals surface area contributed by atoms with Crippen molar-refractivity contribution in [3.05, 3.63) is 52.3 Å². The van der Waals surface area contributed by atoms with E-state index in [0.29, 0.717) is 0 Å². The second-order valence-electron chi connectivity index (χ2n) is 2.20. The summed E-state index contributed by atoms with van der Waals surface area (Å²) >= 11 is 0. The lowest BCUT2D eigenvalue weighted by atomic mass is 10.2. The van der Waals surface area contributed by atoms with Crippen molar-refractivity contribution in [3.63, 3.8) is 0 Å². The van der Waals surface area contributed by atoms with Crippen LogP contribution in [0.2, 0.25) is 0 Å². The molecule has 0 fully saturated rings. The third kappa shape index (κ3) is 1.81. The third-order valence-corrected chi connectivity index (χ3v) is 1.37. The van der Waals surface area contributed by atoms with Crippen LogP contribution in [-0.4, -0.2) is 4.92 Å². The third-order valence-electron chi connectivity index (χ3n) is 1.37. The zero-order chi connectivity index (χ0) is 8.97. The molecule has 0 aliphatic rings. The number of nitro benzene ring substituents is 1. The fourth-order valence-corrected chi connectivity index (χ4v) is 0.810. The predicted octanol–water partition coefficient (Wildman–Crippen LogP) is 2.39. The summed E-state index contributed by atoms with van der Waals surface area (Å²) in [4.78, 5) is 9.81. The lowest BCUT2D eigenvalue weighted by molar-refractivity contribution is -0.384. The smallest absolute Gasteiger partial charge is 0.258 e. The Morgan fingerprint density at radius 1 is 1.42 bits per heavy atom. The van der Waals surface area contributed by atoms with Gasteiger partial charge in [0.2, 0.25) is 0 Å². The van der Waals surface area contributed by atoms with Crippen LogP contribution in [0, 0.1) is 10.1 Å². The van der Waals surface area contributed by atoms with Crippen molar-refractivity contribution in [2.75, 3.05) is 0 Å². The van der Waals surface area contributed by atoms with Crippen LogP contribution in [0.4, 0.5) is 5.69 Å². The first kappa shape index (κ1) is 8.24. The number of rotatable bonds is 2. The standard InChI is InChI=1S/C9H7NO2/c1-2-3-8-4-6-9(7-5-8)10(11)12/h3-7H,1H2. The number of hydrogen-bond acceptors (Lipinski definition) is 2. The van der Waals surface area contributed by atoms with Gasteiger partial charge < -0.3 is 0 Å². The highest BCUT2D eigenvalue weighted by Crippen LogP contribution is 2.12. The molecule has 0 heterocycles. The Bertz CT molecular complexity index is 313. The van der Waals surface area contributed by atoms with Gasteiger partial charge >= 0.3 is 0 Å². The van der Waals surface area contributed by atoms with Gasteiger partial charge in [0.1, 0.15) is 0 Å². The van der Waals surface area contributed by atoms with Gasteiger partial charge in [-0.15, -0.1) is 5.73 Å². The van der Waals surface area contributed by atoms with Crippen LogP contribution in [0.3, 0.4) is 0 Å². The van der Waals surface area contributed by atoms with E-state index in [9.17, 15) is 10.1 Å². The lowest BCUT2D eigenvalue weighted by Gasteiger charge is -1.91. The topological polar surface area (TPSA) is 43.1 Å². The molecule has 0 N–H and O–H groups in total. The lowest BCUT2D eigenvalue weighted by Crippen LogP contribution is -1.86. The maximum absolute atomic E-state index is 10.2. The first-order chi connectivity index (χ1) is 5.74. The van der Waals surface area contributed by atoms with Gasteiger partial charge in [-0.3, -0.25) is 10.1 Å². The highest BCUT2D eigenvalue weighted by atomic mass is 16.6. The average Bonchev–Trinajstić information content (AvgIpc) is 2.06. The number of nitrogens with zero attached hydrogens (tertiary/aromatic N) is 1. The van der Waals surface area contributed by atoms with E-state index in [1.807, 2.05) is 0 Å². The number of nitro groups is 1. The van der Waals surface area contributed by atoms with Crippen LogP contribution in [0.5, 0.6) is 0 Å². The molecule has 0 saturated heterocycles. The van der Waals surface area contributed by atoms with E-state index in [0.717, 1.165) is 5.56 Å². The molecule has 0 unspecified atom stereocenters. The van der Waals surface area contributed by atoms with Gasteiger partial charge in [-0.05, 0) is 23.8 Å². The Morgan fingerprint density at radius 3 is 2.42 bits per heavy atom. The molecule has 0 aliphatic carbocycles. The first-order valence-corrected chi connectivity index (χ1v) is 3.34. The van der Waals surface area contributed by atoms with Crippen molar-refractivity contribution in [1.29, 1.82) is 0 Å². The minimum Gasteiger partial charge on any atom is -0.258 e. The highest BCUT2D eigenvalue weighted by molar-refractivity contribution is 5.50. The van der Waals surface area contributed by atoms with Crippen LogP contribution in [0.25, 0.3) is 6.08 Å². The Labute approximate surface area is 69.8 Å². The largest absolute Gasteiger partial charge is 0.269 e. The molecule has 12 heavy (non-hydrogen) atoms. The van der Waals surface area contributed by atoms with E-state index < -0.39 is 4.92 Å². The van der Waals surface area contributed by atoms with Crippen LogP contribution < -0.4 is 0 Å². The van der Waals surface area contributed by atoms with E-state index >= 15 is 0 Å². The SMILES string of the molecule is C=C=Cc1ccc([N+](=O)[O-])cc1. The summed E-state index contributed by atoms with van der Waals surface area (Å²) in [6.07, 6.45) is 1.66. The van der Waals surface area contributed by atoms with Crippen LogP contribution >= 0.6 is 0 Å². The fourth-order valence-electron chi connectivity index (χ4n) is 0.810. The molecule has 1 aromatic carbocycles. The van der Waals surface area contributed by atoms with Gasteiger partial charge in [0, 0.05) is 12.1 Å². The zero-order valence-corrected chi connectivity index (χ0v) is 6.36. The maximum Gasteiger partial charge on any atom is 0.269 e. The Kier molecular flexibility index (Phi) is 2.41. The van der Waals surface area contributed by atoms with Gasteiger partial charge in [-0.2, -0.15) is 0 Å². The second kappa shape index (κ2) is 3.51. The molecule has 0 radical (unpaired) electrons. The van der Waals surface area contributed by atoms with E-state index in [1.54, 1.807) is 18.2 Å². The first-order valence-electron chi connectivity index (χ1n) is 3.34. The number of hydrogen-bond donors (Lipinski definition) is 0. The van der Waals surface area contributed by atoms with Crippen molar-refractivity contribution in [2.24, 2.45) is 0 Å². The van der Waals surface area contributed by atoms with Gasteiger partial charge in [0.05, 0.1) is 4.92 Å². The van der Waals surface area contributed by atoms with E-state index in [1.165, 1.54) is 12.1 Å². The summed E-state index contributed by atoms with van der Waals surface area (Å²) < 4.78 is 0. The molecule has 0 bridgehead atoms. The molecule has 0 amide bonds. The summed E-state index contributed by atoms with van der Waals surface area (Å²) in [6.45, 7) is 3.40. The summed E-state index contributed by atoms with van der Waals surface area (Å²) in [5, 5.41) is 10.2. The monoisotopic (exact) mass is 161 g/mol. The Balaban J connectivity index is 3.00. The van der Waals surface area contributed by atoms with E-state index in [2.05, 4.69) is 12.3 Å². The summed E-state index contributed by atoms with van der Waals surface area (Å²) in [6, 6.07) is 6.19. The van der Waals surface area contributed by atoms with Crippen molar-refractivity contribution < 1.29 is 4.92 Å². The molecule has 0 spiro atoms. The normalized spacial score (nSPS) is 8.67. The van der Waals surface area contributed by atoms with Crippen molar-refractivity contribution >= 4 is 11.8 Å². The molecule has 0 aromatic heterocycles. The predicted molar refractivity (Wildman–Crippen MR) is 46.7 cm³/mol. The van der Waals surface area contributed by atoms with Crippen LogP contribution in [0.15, 0.2) is 36.6 Å². The zero-order valence-electron chi connectivity index (χ0n) is 6.36. The fraction of sp³-hybridized carbons (Fsp3) is 0. The molecule has 0 aliphatic heterocycles. The van der Waals surface area contributed by atoms with Gasteiger partial charge in [-0.1, -0.05) is 6.58 Å². The van der Waals surface area contributed by atoms with Gasteiger partial charge in [0.15, 0.2) is 0 Å². The van der Waals surface area contributed by atoms with Crippen LogP contribution in [-0.2, 0) is 0 Å². The number of non-ortho nitro benzene ring substituents is 1. The van der Waals surface area contributed by atoms with Gasteiger partial charge in [0.25, 0.3) is 5.69 Å². The molecule has 0 atom stereocenters. The summed E-state index contributed by atoms with van der Waals surface area (Å²) in [7, 11) is 0. The molecular weight excluding hydrogens is 154 g/mol. The molecular formula is C9H7NO2. The molecule has 1 aromatic rings. The van der Waals surface area contributed by atoms with E-state index in [-0.39, 0.29) is 5.69 Å². The van der Waals surface area contributed by atoms with Gasteiger partial charge in [-0.25, -0.2) is 0 Å². The minimum atomic E-state index is -0.429. The molecule has 3 nitrogen and oxygen atoms in total. The quantitative estimate of drug-likeness (QED) is 0.379. The summed E-state index contributed by atoms with van der Waals surface area (Å²) in [5.74, 6) is 0. The highest BCUT2D eigenvalue weighted by Gasteiger charge is 2.01. The molecule has 1 rings (SSSR count). The Hall–Kier alpha value is -1.86. The maximum atomic E-state index is 10.2. The number of benzene rings is 1. The van der Waals surface area contributed by atoms with Crippen molar-refractivity contribution in [1.82, 2.24) is 0 Å². The summed E-state index contributed by atoms with van der Waals surface area (Å²) in [5.41, 5.74) is 3.54. The van der Waals surface area contributed by atoms with E-state index in [4.69, 9.17) is 0 Å². The molecule has 0 saturated carbocycles. The van der Waals surface area contributed by atoms with Crippen molar-refractivity contribution in [3.8, 4) is 0 Å². The molecule has 60 valence electrons. The van der Waals surface area contributed by atoms with Crippen molar-refractivity contribution in [2.45, 2.75) is 0 Å². The molecule has 3 heteroatoms. The van der Waals surface area contributed by atoms with Crippen LogP contribution in [0.1, 0.15) is 5.56 Å². The average molecular weight is 161 g/mol. The Morgan fingerprint density at radius 2 is 2.00 bits per heavy atom. The minimum absolute atomic E-state index is 0.0937. The second-order valence-corrected chi connectivity index (χ2v) is 2.20.